The highest BCUT2D eigenvalue weighted by Crippen LogP contribution is 2.29. The Morgan fingerprint density at radius 2 is 1.45 bits per heavy atom. The molecule has 1 aromatic carbocycles. The van der Waals surface area contributed by atoms with Crippen LogP contribution >= 0.6 is 0 Å². The fraction of sp³-hybridized carbons (Fsp3) is 0.182. The van der Waals surface area contributed by atoms with Gasteiger partial charge in [-0.3, -0.25) is 4.79 Å². The number of rotatable bonds is 4. The summed E-state index contributed by atoms with van der Waals surface area (Å²) in [6.45, 7) is 0. The number of hydrogen-bond donors (Lipinski definition) is 3. The van der Waals surface area contributed by atoms with Crippen molar-refractivity contribution in [3.63, 3.8) is 0 Å². The molecule has 0 heterocycles. The van der Waals surface area contributed by atoms with Crippen molar-refractivity contribution in [3.05, 3.63) is 35.4 Å². The standard InChI is InChI=1S/C11H8F3NO5/c12-11(13,14)6-3-1-5(2-4-6)8(16)15-7(9(17)18)10(19)20/h1-4,7H,(H,15,16)(H,17,18)(H,19,20). The lowest BCUT2D eigenvalue weighted by Crippen LogP contribution is -2.46. The first kappa shape index (κ1) is 15.5. The number of alkyl halides is 3. The van der Waals surface area contributed by atoms with Gasteiger partial charge in [0.2, 0.25) is 6.04 Å². The summed E-state index contributed by atoms with van der Waals surface area (Å²) >= 11 is 0. The molecule has 0 radical (unpaired) electrons. The van der Waals surface area contributed by atoms with E-state index in [9.17, 15) is 27.6 Å². The van der Waals surface area contributed by atoms with Crippen molar-refractivity contribution in [1.29, 1.82) is 0 Å². The summed E-state index contributed by atoms with van der Waals surface area (Å²) < 4.78 is 36.9. The van der Waals surface area contributed by atoms with Gasteiger partial charge in [-0.25, -0.2) is 9.59 Å². The summed E-state index contributed by atoms with van der Waals surface area (Å²) in [7, 11) is 0. The van der Waals surface area contributed by atoms with Crippen molar-refractivity contribution >= 4 is 17.8 Å². The van der Waals surface area contributed by atoms with E-state index < -0.39 is 35.6 Å². The molecule has 1 aromatic rings. The van der Waals surface area contributed by atoms with E-state index in [2.05, 4.69) is 0 Å². The zero-order valence-corrected chi connectivity index (χ0v) is 9.64. The summed E-state index contributed by atoms with van der Waals surface area (Å²) in [5, 5.41) is 18.8. The maximum Gasteiger partial charge on any atom is 0.416 e. The van der Waals surface area contributed by atoms with Crippen LogP contribution in [0.3, 0.4) is 0 Å². The minimum atomic E-state index is -4.57. The van der Waals surface area contributed by atoms with E-state index in [1.54, 1.807) is 5.32 Å². The zero-order valence-electron chi connectivity index (χ0n) is 9.64. The molecule has 0 atom stereocenters. The second kappa shape index (κ2) is 5.59. The molecule has 20 heavy (non-hydrogen) atoms. The maximum atomic E-state index is 12.3. The molecule has 0 aliphatic carbocycles. The van der Waals surface area contributed by atoms with Crippen LogP contribution in [0.2, 0.25) is 0 Å². The summed E-state index contributed by atoms with van der Waals surface area (Å²) in [6, 6.07) is 0.721. The van der Waals surface area contributed by atoms with E-state index in [0.29, 0.717) is 12.1 Å². The second-order valence-corrected chi connectivity index (χ2v) is 3.66. The lowest BCUT2D eigenvalue weighted by atomic mass is 10.1. The van der Waals surface area contributed by atoms with E-state index in [4.69, 9.17) is 10.2 Å². The number of halogens is 3. The van der Waals surface area contributed by atoms with Crippen LogP contribution in [0, 0.1) is 0 Å². The van der Waals surface area contributed by atoms with Crippen molar-refractivity contribution in [1.82, 2.24) is 5.32 Å². The normalized spacial score (nSPS) is 11.2. The molecular weight excluding hydrogens is 283 g/mol. The highest BCUT2D eigenvalue weighted by atomic mass is 19.4. The number of nitrogens with one attached hydrogen (secondary N) is 1. The molecule has 108 valence electrons. The molecule has 0 aromatic heterocycles. The van der Waals surface area contributed by atoms with Crippen LogP contribution in [0.1, 0.15) is 15.9 Å². The number of carboxylic acids is 2. The third-order valence-corrected chi connectivity index (χ3v) is 2.24. The SMILES string of the molecule is O=C(NC(C(=O)O)C(=O)O)c1ccc(C(F)(F)F)cc1. The van der Waals surface area contributed by atoms with Gasteiger partial charge < -0.3 is 15.5 Å². The van der Waals surface area contributed by atoms with E-state index in [0.717, 1.165) is 12.1 Å². The third-order valence-electron chi connectivity index (χ3n) is 2.24. The van der Waals surface area contributed by atoms with Crippen LogP contribution in [-0.2, 0) is 15.8 Å². The minimum Gasteiger partial charge on any atom is -0.479 e. The summed E-state index contributed by atoms with van der Waals surface area (Å²) in [5.74, 6) is -4.69. The summed E-state index contributed by atoms with van der Waals surface area (Å²) in [5.41, 5.74) is -1.27. The van der Waals surface area contributed by atoms with Crippen LogP contribution in [0.4, 0.5) is 13.2 Å². The Morgan fingerprint density at radius 1 is 1.00 bits per heavy atom. The summed E-state index contributed by atoms with van der Waals surface area (Å²) in [6.07, 6.45) is -4.57. The van der Waals surface area contributed by atoms with Gasteiger partial charge in [0.1, 0.15) is 0 Å². The third kappa shape index (κ3) is 3.70. The smallest absolute Gasteiger partial charge is 0.416 e. The van der Waals surface area contributed by atoms with Gasteiger partial charge in [0.25, 0.3) is 5.91 Å². The highest BCUT2D eigenvalue weighted by molar-refractivity contribution is 6.04. The average molecular weight is 291 g/mol. The molecule has 0 bridgehead atoms. The Morgan fingerprint density at radius 3 is 1.80 bits per heavy atom. The van der Waals surface area contributed by atoms with Crippen LogP contribution in [0.25, 0.3) is 0 Å². The van der Waals surface area contributed by atoms with Crippen LogP contribution in [-0.4, -0.2) is 34.1 Å². The maximum absolute atomic E-state index is 12.3. The molecule has 3 N–H and O–H groups in total. The van der Waals surface area contributed by atoms with Gasteiger partial charge in [0.05, 0.1) is 5.56 Å². The molecule has 0 aliphatic heterocycles. The number of carbonyl (C=O) groups excluding carboxylic acids is 1. The zero-order chi connectivity index (χ0) is 15.5. The van der Waals surface area contributed by atoms with Crippen LogP contribution in [0.5, 0.6) is 0 Å². The van der Waals surface area contributed by atoms with Crippen molar-refractivity contribution in [3.8, 4) is 0 Å². The molecule has 0 aliphatic rings. The lowest BCUT2D eigenvalue weighted by Gasteiger charge is -2.11. The number of amides is 1. The van der Waals surface area contributed by atoms with Gasteiger partial charge in [-0.2, -0.15) is 13.2 Å². The van der Waals surface area contributed by atoms with Crippen LogP contribution < -0.4 is 5.32 Å². The Bertz CT molecular complexity index is 524. The average Bonchev–Trinajstić information content (AvgIpc) is 2.34. The fourth-order valence-electron chi connectivity index (χ4n) is 1.25. The Kier molecular flexibility index (Phi) is 4.33. The fourth-order valence-corrected chi connectivity index (χ4v) is 1.25. The van der Waals surface area contributed by atoms with Gasteiger partial charge in [-0.1, -0.05) is 0 Å². The molecule has 0 saturated carbocycles. The lowest BCUT2D eigenvalue weighted by molar-refractivity contribution is -0.150. The van der Waals surface area contributed by atoms with Gasteiger partial charge in [-0.15, -0.1) is 0 Å². The predicted octanol–water partition coefficient (Wildman–Crippen LogP) is 0.973. The number of benzene rings is 1. The van der Waals surface area contributed by atoms with Gasteiger partial charge in [-0.05, 0) is 24.3 Å². The molecule has 9 heteroatoms. The Balaban J connectivity index is 2.88. The predicted molar refractivity (Wildman–Crippen MR) is 58.0 cm³/mol. The second-order valence-electron chi connectivity index (χ2n) is 3.66. The van der Waals surface area contributed by atoms with Gasteiger partial charge in [0, 0.05) is 5.56 Å². The highest BCUT2D eigenvalue weighted by Gasteiger charge is 2.31. The molecular formula is C11H8F3NO5. The van der Waals surface area contributed by atoms with Gasteiger partial charge >= 0.3 is 18.1 Å². The Hall–Kier alpha value is -2.58. The first-order valence-electron chi connectivity index (χ1n) is 5.06. The van der Waals surface area contributed by atoms with Crippen molar-refractivity contribution in [2.75, 3.05) is 0 Å². The molecule has 0 unspecified atom stereocenters. The minimum absolute atomic E-state index is 0.287. The molecule has 6 nitrogen and oxygen atoms in total. The largest absolute Gasteiger partial charge is 0.479 e. The van der Waals surface area contributed by atoms with Crippen molar-refractivity contribution in [2.45, 2.75) is 12.2 Å². The molecule has 0 saturated heterocycles. The monoisotopic (exact) mass is 291 g/mol. The van der Waals surface area contributed by atoms with Gasteiger partial charge in [0.15, 0.2) is 0 Å². The molecule has 1 amide bonds. The number of hydrogen-bond acceptors (Lipinski definition) is 3. The van der Waals surface area contributed by atoms with Crippen molar-refractivity contribution < 1.29 is 37.8 Å². The molecule has 0 fully saturated rings. The molecule has 0 spiro atoms. The number of carboxylic acid groups (broad SMARTS) is 2. The Labute approximate surface area is 109 Å². The molecule has 1 rings (SSSR count). The number of aliphatic carboxylic acids is 2. The number of carbonyl (C=O) groups is 3. The van der Waals surface area contributed by atoms with E-state index in [1.807, 2.05) is 0 Å². The first-order valence-corrected chi connectivity index (χ1v) is 5.06. The van der Waals surface area contributed by atoms with E-state index in [1.165, 1.54) is 0 Å². The quantitative estimate of drug-likeness (QED) is 0.717. The van der Waals surface area contributed by atoms with E-state index >= 15 is 0 Å². The van der Waals surface area contributed by atoms with Crippen molar-refractivity contribution in [2.24, 2.45) is 0 Å². The van der Waals surface area contributed by atoms with Crippen LogP contribution in [0.15, 0.2) is 24.3 Å². The summed E-state index contributed by atoms with van der Waals surface area (Å²) in [4.78, 5) is 32.6. The topological polar surface area (TPSA) is 104 Å². The first-order chi connectivity index (χ1) is 9.12. The van der Waals surface area contributed by atoms with E-state index in [-0.39, 0.29) is 5.56 Å².